The molecule has 2 aliphatic rings. The molecule has 0 atom stereocenters. The van der Waals surface area contributed by atoms with E-state index in [4.69, 9.17) is 11.6 Å². The van der Waals surface area contributed by atoms with E-state index in [-0.39, 0.29) is 15.8 Å². The summed E-state index contributed by atoms with van der Waals surface area (Å²) in [7, 11) is -3.70. The molecule has 1 N–H and O–H groups in total. The Bertz CT molecular complexity index is 800. The third kappa shape index (κ3) is 6.42. The van der Waals surface area contributed by atoms with Gasteiger partial charge in [-0.25, -0.2) is 8.42 Å². The first-order valence-corrected chi connectivity index (χ1v) is 13.1. The third-order valence-corrected chi connectivity index (χ3v) is 8.39. The van der Waals surface area contributed by atoms with Crippen LogP contribution in [-0.4, -0.2) is 62.8 Å². The van der Waals surface area contributed by atoms with E-state index in [1.165, 1.54) is 42.1 Å². The summed E-state index contributed by atoms with van der Waals surface area (Å²) < 4.78 is 27.7. The number of carbonyl (C=O) groups is 1. The number of rotatable bonds is 7. The summed E-state index contributed by atoms with van der Waals surface area (Å²) in [6, 6.07) is 4.53. The van der Waals surface area contributed by atoms with Crippen molar-refractivity contribution in [3.05, 3.63) is 28.8 Å². The Balaban J connectivity index is 1.58. The first-order valence-electron chi connectivity index (χ1n) is 11.3. The standard InChI is InChI=1S/C22H34ClN3O3S/c23-20-11-10-19(18-21(20)30(28,29)26-16-7-3-4-8-17-26)22(27)24-12-9-15-25-13-5-1-2-6-14-25/h10-11,18H,1-9,12-17H2,(H,24,27). The molecule has 8 heteroatoms. The lowest BCUT2D eigenvalue weighted by Gasteiger charge is -2.21. The van der Waals surface area contributed by atoms with Gasteiger partial charge in [-0.05, 0) is 69.9 Å². The Morgan fingerprint density at radius 2 is 1.53 bits per heavy atom. The SMILES string of the molecule is O=C(NCCCN1CCCCCC1)c1ccc(Cl)c(S(=O)(=O)N2CCCCCC2)c1. The molecule has 0 radical (unpaired) electrons. The molecule has 30 heavy (non-hydrogen) atoms. The molecule has 2 fully saturated rings. The van der Waals surface area contributed by atoms with Crippen molar-refractivity contribution < 1.29 is 13.2 Å². The zero-order valence-electron chi connectivity index (χ0n) is 17.7. The van der Waals surface area contributed by atoms with Crippen LogP contribution in [0.1, 0.15) is 68.1 Å². The van der Waals surface area contributed by atoms with Gasteiger partial charge in [0.25, 0.3) is 5.91 Å². The minimum absolute atomic E-state index is 0.0308. The third-order valence-electron chi connectivity index (χ3n) is 6.01. The molecule has 1 amide bonds. The average molecular weight is 456 g/mol. The van der Waals surface area contributed by atoms with E-state index in [1.807, 2.05) is 0 Å². The van der Waals surface area contributed by atoms with Crippen LogP contribution in [0.2, 0.25) is 5.02 Å². The molecule has 0 spiro atoms. The maximum absolute atomic E-state index is 13.1. The number of hydrogen-bond donors (Lipinski definition) is 1. The van der Waals surface area contributed by atoms with Crippen LogP contribution in [-0.2, 0) is 10.0 Å². The van der Waals surface area contributed by atoms with Gasteiger partial charge in [0.15, 0.2) is 0 Å². The summed E-state index contributed by atoms with van der Waals surface area (Å²) in [6.07, 6.45) is 9.81. The summed E-state index contributed by atoms with van der Waals surface area (Å²) in [5.41, 5.74) is 0.336. The van der Waals surface area contributed by atoms with Gasteiger partial charge in [0.05, 0.1) is 5.02 Å². The summed E-state index contributed by atoms with van der Waals surface area (Å²) in [5, 5.41) is 3.09. The molecule has 3 rings (SSSR count). The molecule has 2 heterocycles. The van der Waals surface area contributed by atoms with Crippen molar-refractivity contribution >= 4 is 27.5 Å². The highest BCUT2D eigenvalue weighted by atomic mass is 35.5. The van der Waals surface area contributed by atoms with Gasteiger partial charge in [-0.15, -0.1) is 0 Å². The van der Waals surface area contributed by atoms with E-state index in [1.54, 1.807) is 6.07 Å². The van der Waals surface area contributed by atoms with Crippen LogP contribution in [0.15, 0.2) is 23.1 Å². The van der Waals surface area contributed by atoms with Gasteiger partial charge >= 0.3 is 0 Å². The number of nitrogens with one attached hydrogen (secondary N) is 1. The monoisotopic (exact) mass is 455 g/mol. The number of amides is 1. The fourth-order valence-electron chi connectivity index (χ4n) is 4.23. The smallest absolute Gasteiger partial charge is 0.251 e. The predicted octanol–water partition coefficient (Wildman–Crippen LogP) is 3.90. The summed E-state index contributed by atoms with van der Waals surface area (Å²) in [4.78, 5) is 15.1. The lowest BCUT2D eigenvalue weighted by Crippen LogP contribution is -2.33. The fourth-order valence-corrected chi connectivity index (χ4v) is 6.25. The predicted molar refractivity (Wildman–Crippen MR) is 121 cm³/mol. The summed E-state index contributed by atoms with van der Waals surface area (Å²) >= 11 is 6.23. The van der Waals surface area contributed by atoms with E-state index in [0.717, 1.165) is 51.7 Å². The van der Waals surface area contributed by atoms with Gasteiger partial charge in [0.1, 0.15) is 4.90 Å². The molecule has 168 valence electrons. The highest BCUT2D eigenvalue weighted by Crippen LogP contribution is 2.27. The number of benzene rings is 1. The molecule has 0 aliphatic carbocycles. The Morgan fingerprint density at radius 1 is 0.933 bits per heavy atom. The molecular formula is C22H34ClN3O3S. The van der Waals surface area contributed by atoms with Crippen LogP contribution >= 0.6 is 11.6 Å². The van der Waals surface area contributed by atoms with Crippen molar-refractivity contribution in [1.82, 2.24) is 14.5 Å². The molecule has 0 aromatic heterocycles. The topological polar surface area (TPSA) is 69.7 Å². The van der Waals surface area contributed by atoms with Gasteiger partial charge in [-0.2, -0.15) is 4.31 Å². The highest BCUT2D eigenvalue weighted by molar-refractivity contribution is 7.89. The zero-order valence-corrected chi connectivity index (χ0v) is 19.3. The van der Waals surface area contributed by atoms with Crippen LogP contribution in [0.3, 0.4) is 0 Å². The molecule has 0 bridgehead atoms. The van der Waals surface area contributed by atoms with Gasteiger partial charge < -0.3 is 10.2 Å². The Kier molecular flexibility index (Phi) is 8.98. The van der Waals surface area contributed by atoms with Crippen LogP contribution < -0.4 is 5.32 Å². The van der Waals surface area contributed by atoms with Gasteiger partial charge in [-0.1, -0.05) is 37.3 Å². The van der Waals surface area contributed by atoms with E-state index in [2.05, 4.69) is 10.2 Å². The van der Waals surface area contributed by atoms with E-state index < -0.39 is 10.0 Å². The minimum Gasteiger partial charge on any atom is -0.352 e. The van der Waals surface area contributed by atoms with Crippen LogP contribution in [0.4, 0.5) is 0 Å². The van der Waals surface area contributed by atoms with Crippen LogP contribution in [0, 0.1) is 0 Å². The van der Waals surface area contributed by atoms with Crippen molar-refractivity contribution in [2.24, 2.45) is 0 Å². The Labute approximate surface area is 186 Å². The molecular weight excluding hydrogens is 422 g/mol. The molecule has 0 saturated carbocycles. The number of hydrogen-bond acceptors (Lipinski definition) is 4. The van der Waals surface area contributed by atoms with Gasteiger partial charge in [0, 0.05) is 25.2 Å². The van der Waals surface area contributed by atoms with Crippen molar-refractivity contribution in [3.8, 4) is 0 Å². The second-order valence-electron chi connectivity index (χ2n) is 8.33. The first kappa shape index (κ1) is 23.5. The maximum Gasteiger partial charge on any atom is 0.251 e. The van der Waals surface area contributed by atoms with Crippen molar-refractivity contribution in [2.75, 3.05) is 39.3 Å². The lowest BCUT2D eigenvalue weighted by molar-refractivity contribution is 0.0951. The molecule has 1 aromatic carbocycles. The molecule has 2 saturated heterocycles. The summed E-state index contributed by atoms with van der Waals surface area (Å²) in [5.74, 6) is -0.255. The molecule has 1 aromatic rings. The quantitative estimate of drug-likeness (QED) is 0.633. The zero-order chi connectivity index (χ0) is 21.4. The second kappa shape index (κ2) is 11.5. The number of carbonyl (C=O) groups excluding carboxylic acids is 1. The van der Waals surface area contributed by atoms with Crippen molar-refractivity contribution in [1.29, 1.82) is 0 Å². The number of sulfonamides is 1. The normalized spacial score (nSPS) is 19.8. The number of halogens is 1. The average Bonchev–Trinajstić information content (AvgIpc) is 3.17. The van der Waals surface area contributed by atoms with Crippen molar-refractivity contribution in [3.63, 3.8) is 0 Å². The molecule has 2 aliphatic heterocycles. The van der Waals surface area contributed by atoms with Gasteiger partial charge in [0.2, 0.25) is 10.0 Å². The van der Waals surface area contributed by atoms with Gasteiger partial charge in [-0.3, -0.25) is 4.79 Å². The highest BCUT2D eigenvalue weighted by Gasteiger charge is 2.28. The van der Waals surface area contributed by atoms with E-state index >= 15 is 0 Å². The lowest BCUT2D eigenvalue weighted by atomic mass is 10.2. The fraction of sp³-hybridized carbons (Fsp3) is 0.682. The maximum atomic E-state index is 13.1. The largest absolute Gasteiger partial charge is 0.352 e. The number of likely N-dealkylation sites (tertiary alicyclic amines) is 1. The Hall–Kier alpha value is -1.15. The van der Waals surface area contributed by atoms with E-state index in [0.29, 0.717) is 25.2 Å². The summed E-state index contributed by atoms with van der Waals surface area (Å²) in [6.45, 7) is 4.85. The second-order valence-corrected chi connectivity index (χ2v) is 10.6. The first-order chi connectivity index (χ1) is 14.5. The van der Waals surface area contributed by atoms with Crippen LogP contribution in [0.5, 0.6) is 0 Å². The van der Waals surface area contributed by atoms with Crippen molar-refractivity contribution in [2.45, 2.75) is 62.7 Å². The van der Waals surface area contributed by atoms with E-state index in [9.17, 15) is 13.2 Å². The molecule has 6 nitrogen and oxygen atoms in total. The minimum atomic E-state index is -3.70. The molecule has 0 unspecified atom stereocenters. The van der Waals surface area contributed by atoms with Crippen LogP contribution in [0.25, 0.3) is 0 Å². The number of nitrogens with zero attached hydrogens (tertiary/aromatic N) is 2. The Morgan fingerprint density at radius 3 is 2.17 bits per heavy atom.